The Morgan fingerprint density at radius 3 is 2.20 bits per heavy atom. The third kappa shape index (κ3) is 3.42. The lowest BCUT2D eigenvalue weighted by atomic mass is 9.79. The van der Waals surface area contributed by atoms with Crippen LogP contribution in [-0.4, -0.2) is 31.7 Å². The average molecular weight is 360 g/mol. The molecule has 0 amide bonds. The number of nitrogens with one attached hydrogen (secondary N) is 1. The van der Waals surface area contributed by atoms with Gasteiger partial charge in [0.2, 0.25) is 0 Å². The van der Waals surface area contributed by atoms with Crippen LogP contribution in [-0.2, 0) is 19.3 Å². The van der Waals surface area contributed by atoms with Crippen molar-refractivity contribution >= 4 is 28.3 Å². The molecular weight excluding hydrogens is 339 g/mol. The Bertz CT molecular complexity index is 853. The highest BCUT2D eigenvalue weighted by atomic mass is 32.2. The molecule has 0 atom stereocenters. The Morgan fingerprint density at radius 1 is 1.00 bits per heavy atom. The summed E-state index contributed by atoms with van der Waals surface area (Å²) >= 11 is 0. The highest BCUT2D eigenvalue weighted by molar-refractivity contribution is 7.92. The first-order valence-corrected chi connectivity index (χ1v) is 9.48. The number of nitrogens with zero attached hydrogens (tertiary/aromatic N) is 1. The van der Waals surface area contributed by atoms with E-state index < -0.39 is 28.3 Å². The van der Waals surface area contributed by atoms with Crippen molar-refractivity contribution in [2.45, 2.75) is 43.8 Å². The van der Waals surface area contributed by atoms with Crippen LogP contribution in [0.3, 0.4) is 0 Å². The van der Waals surface area contributed by atoms with E-state index in [4.69, 9.17) is 9.31 Å². The summed E-state index contributed by atoms with van der Waals surface area (Å²) in [7, 11) is -4.41. The Balaban J connectivity index is 1.93. The van der Waals surface area contributed by atoms with Crippen molar-refractivity contribution in [2.75, 3.05) is 4.72 Å². The second kappa shape index (κ2) is 6.12. The first-order chi connectivity index (χ1) is 11.6. The van der Waals surface area contributed by atoms with E-state index in [2.05, 4.69) is 9.71 Å². The predicted molar refractivity (Wildman–Crippen MR) is 97.2 cm³/mol. The first-order valence-electron chi connectivity index (χ1n) is 8.00. The highest BCUT2D eigenvalue weighted by Gasteiger charge is 2.52. The Hall–Kier alpha value is -1.90. The zero-order chi connectivity index (χ0) is 18.3. The zero-order valence-electron chi connectivity index (χ0n) is 14.7. The predicted octanol–water partition coefficient (Wildman–Crippen LogP) is 2.18. The van der Waals surface area contributed by atoms with E-state index in [1.807, 2.05) is 27.7 Å². The SMILES string of the molecule is CC1(C)OB(c2cnccc2NS(=O)(=O)c2ccccc2)OC1(C)C. The van der Waals surface area contributed by atoms with Crippen LogP contribution in [0.4, 0.5) is 5.69 Å². The minimum atomic E-state index is -3.71. The molecule has 1 N–H and O–H groups in total. The molecule has 2 heterocycles. The number of sulfonamides is 1. The molecule has 2 aromatic rings. The number of aromatic nitrogens is 1. The Morgan fingerprint density at radius 2 is 1.60 bits per heavy atom. The second-order valence-corrected chi connectivity index (χ2v) is 8.65. The van der Waals surface area contributed by atoms with Crippen molar-refractivity contribution in [2.24, 2.45) is 0 Å². The molecular formula is C17H21BN2O4S. The summed E-state index contributed by atoms with van der Waals surface area (Å²) in [6, 6.07) is 9.80. The van der Waals surface area contributed by atoms with Gasteiger partial charge in [-0.3, -0.25) is 9.71 Å². The fraction of sp³-hybridized carbons (Fsp3) is 0.353. The van der Waals surface area contributed by atoms with Gasteiger partial charge in [-0.2, -0.15) is 0 Å². The molecule has 0 spiro atoms. The van der Waals surface area contributed by atoms with Gasteiger partial charge in [-0.05, 0) is 45.9 Å². The maximum absolute atomic E-state index is 12.6. The van der Waals surface area contributed by atoms with Gasteiger partial charge in [0.05, 0.1) is 21.8 Å². The molecule has 1 aliphatic rings. The minimum Gasteiger partial charge on any atom is -0.399 e. The van der Waals surface area contributed by atoms with Crippen LogP contribution in [0.1, 0.15) is 27.7 Å². The summed E-state index contributed by atoms with van der Waals surface area (Å²) < 4.78 is 39.9. The van der Waals surface area contributed by atoms with E-state index >= 15 is 0 Å². The fourth-order valence-electron chi connectivity index (χ4n) is 2.46. The maximum Gasteiger partial charge on any atom is 0.498 e. The van der Waals surface area contributed by atoms with E-state index in [-0.39, 0.29) is 4.90 Å². The summed E-state index contributed by atoms with van der Waals surface area (Å²) in [5.41, 5.74) is -0.121. The molecule has 1 aromatic carbocycles. The van der Waals surface area contributed by atoms with E-state index in [1.54, 1.807) is 30.5 Å². The first kappa shape index (κ1) is 17.9. The Labute approximate surface area is 148 Å². The molecule has 1 saturated heterocycles. The van der Waals surface area contributed by atoms with Gasteiger partial charge < -0.3 is 9.31 Å². The monoisotopic (exact) mass is 360 g/mol. The molecule has 0 bridgehead atoms. The van der Waals surface area contributed by atoms with Gasteiger partial charge in [-0.1, -0.05) is 18.2 Å². The summed E-state index contributed by atoms with van der Waals surface area (Å²) in [6.45, 7) is 7.77. The fourth-order valence-corrected chi connectivity index (χ4v) is 3.57. The molecule has 0 unspecified atom stereocenters. The average Bonchev–Trinajstić information content (AvgIpc) is 2.76. The van der Waals surface area contributed by atoms with E-state index in [0.29, 0.717) is 11.2 Å². The molecule has 1 fully saturated rings. The number of hydrogen-bond acceptors (Lipinski definition) is 5. The van der Waals surface area contributed by atoms with Crippen molar-refractivity contribution in [1.29, 1.82) is 0 Å². The molecule has 0 radical (unpaired) electrons. The smallest absolute Gasteiger partial charge is 0.399 e. The lowest BCUT2D eigenvalue weighted by molar-refractivity contribution is 0.00578. The lowest BCUT2D eigenvalue weighted by Crippen LogP contribution is -2.41. The van der Waals surface area contributed by atoms with Crippen molar-refractivity contribution in [3.63, 3.8) is 0 Å². The van der Waals surface area contributed by atoms with Crippen LogP contribution in [0.15, 0.2) is 53.7 Å². The summed E-state index contributed by atoms with van der Waals surface area (Å²) in [6.07, 6.45) is 3.09. The standard InChI is InChI=1S/C17H21BN2O4S/c1-16(2)17(3,4)24-18(23-16)14-12-19-11-10-15(14)20-25(21,22)13-8-6-5-7-9-13/h5-12H,1-4H3,(H,19,20). The van der Waals surface area contributed by atoms with E-state index in [9.17, 15) is 8.42 Å². The summed E-state index contributed by atoms with van der Waals surface area (Å²) in [5.74, 6) is 0. The number of hydrogen-bond donors (Lipinski definition) is 1. The van der Waals surface area contributed by atoms with Crippen LogP contribution in [0.2, 0.25) is 0 Å². The zero-order valence-corrected chi connectivity index (χ0v) is 15.5. The lowest BCUT2D eigenvalue weighted by Gasteiger charge is -2.32. The van der Waals surface area contributed by atoms with Crippen molar-refractivity contribution < 1.29 is 17.7 Å². The van der Waals surface area contributed by atoms with Crippen molar-refractivity contribution in [1.82, 2.24) is 4.98 Å². The van der Waals surface area contributed by atoms with Crippen molar-refractivity contribution in [3.8, 4) is 0 Å². The maximum atomic E-state index is 12.6. The number of benzene rings is 1. The number of anilines is 1. The van der Waals surface area contributed by atoms with Crippen LogP contribution in [0.5, 0.6) is 0 Å². The molecule has 6 nitrogen and oxygen atoms in total. The second-order valence-electron chi connectivity index (χ2n) is 6.97. The molecule has 1 aliphatic heterocycles. The third-order valence-corrected chi connectivity index (χ3v) is 6.04. The topological polar surface area (TPSA) is 77.5 Å². The molecule has 1 aromatic heterocycles. The van der Waals surface area contributed by atoms with Gasteiger partial charge >= 0.3 is 7.12 Å². The molecule has 3 rings (SSSR count). The molecule has 0 aliphatic carbocycles. The van der Waals surface area contributed by atoms with Crippen molar-refractivity contribution in [3.05, 3.63) is 48.8 Å². The van der Waals surface area contributed by atoms with Gasteiger partial charge in [-0.15, -0.1) is 0 Å². The summed E-state index contributed by atoms with van der Waals surface area (Å²) in [4.78, 5) is 4.28. The van der Waals surface area contributed by atoms with Gasteiger partial charge in [0.25, 0.3) is 10.0 Å². The molecule has 132 valence electrons. The number of rotatable bonds is 4. The van der Waals surface area contributed by atoms with Crippen LogP contribution < -0.4 is 10.2 Å². The van der Waals surface area contributed by atoms with Gasteiger partial charge in [0, 0.05) is 17.9 Å². The Kier molecular flexibility index (Phi) is 4.39. The molecule has 25 heavy (non-hydrogen) atoms. The number of pyridine rings is 1. The van der Waals surface area contributed by atoms with E-state index in [1.165, 1.54) is 18.3 Å². The normalized spacial score (nSPS) is 19.0. The quantitative estimate of drug-likeness (QED) is 0.846. The third-order valence-electron chi connectivity index (χ3n) is 4.66. The van der Waals surface area contributed by atoms with Gasteiger partial charge in [0.15, 0.2) is 0 Å². The molecule has 8 heteroatoms. The van der Waals surface area contributed by atoms with Crippen LogP contribution in [0.25, 0.3) is 0 Å². The highest BCUT2D eigenvalue weighted by Crippen LogP contribution is 2.37. The van der Waals surface area contributed by atoms with Crippen LogP contribution in [0, 0.1) is 0 Å². The van der Waals surface area contributed by atoms with E-state index in [0.717, 1.165) is 0 Å². The van der Waals surface area contributed by atoms with Crippen LogP contribution >= 0.6 is 0 Å². The minimum absolute atomic E-state index is 0.187. The largest absolute Gasteiger partial charge is 0.498 e. The van der Waals surface area contributed by atoms with Gasteiger partial charge in [-0.25, -0.2) is 8.42 Å². The summed E-state index contributed by atoms with van der Waals surface area (Å²) in [5, 5.41) is 0. The molecule has 0 saturated carbocycles. The van der Waals surface area contributed by atoms with Gasteiger partial charge in [0.1, 0.15) is 0 Å².